The summed E-state index contributed by atoms with van der Waals surface area (Å²) in [6, 6.07) is 10.4. The minimum absolute atomic E-state index is 0.00190. The number of benzene rings is 2. The highest BCUT2D eigenvalue weighted by atomic mass is 35.5. The molecule has 106 valence electrons. The third-order valence-electron chi connectivity index (χ3n) is 2.83. The molecule has 0 atom stereocenters. The fourth-order valence-corrected chi connectivity index (χ4v) is 3.42. The largest absolute Gasteiger partial charge is 0.326 e. The van der Waals surface area contributed by atoms with Gasteiger partial charge in [-0.3, -0.25) is 0 Å². The molecule has 0 saturated heterocycles. The summed E-state index contributed by atoms with van der Waals surface area (Å²) in [4.78, 5) is 0.00190. The third kappa shape index (κ3) is 3.36. The molecule has 0 fully saturated rings. The van der Waals surface area contributed by atoms with Crippen LogP contribution in [0.4, 0.5) is 4.39 Å². The van der Waals surface area contributed by atoms with E-state index in [9.17, 15) is 12.8 Å². The van der Waals surface area contributed by atoms with E-state index in [2.05, 4.69) is 0 Å². The highest BCUT2D eigenvalue weighted by Crippen LogP contribution is 2.22. The van der Waals surface area contributed by atoms with Gasteiger partial charge in [0.25, 0.3) is 0 Å². The summed E-state index contributed by atoms with van der Waals surface area (Å²) < 4.78 is 37.6. The first-order valence-corrected chi connectivity index (χ1v) is 7.91. The zero-order valence-corrected chi connectivity index (χ0v) is 12.1. The second-order valence-electron chi connectivity index (χ2n) is 4.36. The summed E-state index contributed by atoms with van der Waals surface area (Å²) in [5, 5.41) is -0.207. The van der Waals surface area contributed by atoms with Crippen molar-refractivity contribution in [1.29, 1.82) is 0 Å². The molecule has 3 nitrogen and oxygen atoms in total. The highest BCUT2D eigenvalue weighted by Gasteiger charge is 2.17. The summed E-state index contributed by atoms with van der Waals surface area (Å²) >= 11 is 5.61. The van der Waals surface area contributed by atoms with Crippen LogP contribution in [0.15, 0.2) is 47.4 Å². The summed E-state index contributed by atoms with van der Waals surface area (Å²) in [6.07, 6.45) is 0. The normalized spacial score (nSPS) is 11.6. The number of halogens is 2. The molecule has 0 aliphatic carbocycles. The lowest BCUT2D eigenvalue weighted by atomic mass is 10.1. The van der Waals surface area contributed by atoms with Crippen LogP contribution in [0.3, 0.4) is 0 Å². The Bertz CT molecular complexity index is 732. The van der Waals surface area contributed by atoms with Crippen LogP contribution in [-0.4, -0.2) is 8.42 Å². The van der Waals surface area contributed by atoms with E-state index in [-0.39, 0.29) is 15.7 Å². The molecule has 0 amide bonds. The molecule has 0 saturated carbocycles. The predicted molar refractivity (Wildman–Crippen MR) is 76.6 cm³/mol. The molecule has 0 aromatic heterocycles. The SMILES string of the molecule is NCc1cccc(CS(=O)(=O)c2ccc(F)c(Cl)c2)c1. The molecule has 0 spiro atoms. The summed E-state index contributed by atoms with van der Waals surface area (Å²) in [7, 11) is -3.57. The Morgan fingerprint density at radius 2 is 1.80 bits per heavy atom. The van der Waals surface area contributed by atoms with Crippen LogP contribution in [0.1, 0.15) is 11.1 Å². The van der Waals surface area contributed by atoms with E-state index in [4.69, 9.17) is 17.3 Å². The minimum Gasteiger partial charge on any atom is -0.326 e. The topological polar surface area (TPSA) is 60.2 Å². The molecule has 0 bridgehead atoms. The lowest BCUT2D eigenvalue weighted by molar-refractivity contribution is 0.594. The lowest BCUT2D eigenvalue weighted by Crippen LogP contribution is -2.06. The van der Waals surface area contributed by atoms with Crippen molar-refractivity contribution in [2.45, 2.75) is 17.2 Å². The Kier molecular flexibility index (Phi) is 4.42. The van der Waals surface area contributed by atoms with E-state index in [1.807, 2.05) is 6.07 Å². The van der Waals surface area contributed by atoms with E-state index in [0.717, 1.165) is 17.7 Å². The number of sulfone groups is 1. The Morgan fingerprint density at radius 3 is 2.45 bits per heavy atom. The second kappa shape index (κ2) is 5.91. The fraction of sp³-hybridized carbons (Fsp3) is 0.143. The summed E-state index contributed by atoms with van der Waals surface area (Å²) in [5.41, 5.74) is 7.01. The van der Waals surface area contributed by atoms with Gasteiger partial charge in [0.1, 0.15) is 5.82 Å². The quantitative estimate of drug-likeness (QED) is 0.883. The van der Waals surface area contributed by atoms with E-state index in [1.165, 1.54) is 6.07 Å². The smallest absolute Gasteiger partial charge is 0.182 e. The number of hydrogen-bond acceptors (Lipinski definition) is 3. The van der Waals surface area contributed by atoms with Gasteiger partial charge >= 0.3 is 0 Å². The molecule has 2 N–H and O–H groups in total. The average Bonchev–Trinajstić information content (AvgIpc) is 2.41. The maximum Gasteiger partial charge on any atom is 0.182 e. The zero-order chi connectivity index (χ0) is 14.8. The average molecular weight is 314 g/mol. The van der Waals surface area contributed by atoms with E-state index in [0.29, 0.717) is 12.1 Å². The highest BCUT2D eigenvalue weighted by molar-refractivity contribution is 7.90. The molecule has 2 rings (SSSR count). The summed E-state index contributed by atoms with van der Waals surface area (Å²) in [5.74, 6) is -0.821. The monoisotopic (exact) mass is 313 g/mol. The number of nitrogens with two attached hydrogens (primary N) is 1. The summed E-state index contributed by atoms with van der Waals surface area (Å²) in [6.45, 7) is 0.344. The van der Waals surface area contributed by atoms with Crippen LogP contribution >= 0.6 is 11.6 Å². The van der Waals surface area contributed by atoms with Gasteiger partial charge in [-0.2, -0.15) is 0 Å². The number of hydrogen-bond donors (Lipinski definition) is 1. The van der Waals surface area contributed by atoms with E-state index in [1.54, 1.807) is 18.2 Å². The van der Waals surface area contributed by atoms with Crippen LogP contribution in [0.5, 0.6) is 0 Å². The Morgan fingerprint density at radius 1 is 1.10 bits per heavy atom. The van der Waals surface area contributed by atoms with Crippen molar-refractivity contribution >= 4 is 21.4 Å². The molecule has 0 radical (unpaired) electrons. The van der Waals surface area contributed by atoms with Crippen molar-refractivity contribution in [2.24, 2.45) is 5.73 Å². The number of rotatable bonds is 4. The van der Waals surface area contributed by atoms with Gasteiger partial charge in [-0.15, -0.1) is 0 Å². The van der Waals surface area contributed by atoms with Crippen molar-refractivity contribution in [3.8, 4) is 0 Å². The van der Waals surface area contributed by atoms with Gasteiger partial charge in [-0.05, 0) is 29.3 Å². The molecule has 0 heterocycles. The molecule has 6 heteroatoms. The van der Waals surface area contributed by atoms with Gasteiger partial charge in [-0.25, -0.2) is 12.8 Å². The maximum atomic E-state index is 13.1. The Balaban J connectivity index is 2.32. The zero-order valence-electron chi connectivity index (χ0n) is 10.5. The van der Waals surface area contributed by atoms with E-state index < -0.39 is 15.7 Å². The van der Waals surface area contributed by atoms with Crippen molar-refractivity contribution in [3.63, 3.8) is 0 Å². The Labute approximate surface area is 122 Å². The molecule has 0 aliphatic heterocycles. The van der Waals surface area contributed by atoms with Gasteiger partial charge in [0.05, 0.1) is 15.7 Å². The molecule has 20 heavy (non-hydrogen) atoms. The van der Waals surface area contributed by atoms with Gasteiger partial charge in [0.2, 0.25) is 0 Å². The van der Waals surface area contributed by atoms with Crippen molar-refractivity contribution < 1.29 is 12.8 Å². The lowest BCUT2D eigenvalue weighted by Gasteiger charge is -2.07. The van der Waals surface area contributed by atoms with Crippen LogP contribution in [0.2, 0.25) is 5.02 Å². The van der Waals surface area contributed by atoms with Gasteiger partial charge < -0.3 is 5.73 Å². The first kappa shape index (κ1) is 15.0. The predicted octanol–water partition coefficient (Wildman–Crippen LogP) is 2.91. The van der Waals surface area contributed by atoms with Crippen molar-refractivity contribution in [1.82, 2.24) is 0 Å². The van der Waals surface area contributed by atoms with Crippen molar-refractivity contribution in [3.05, 3.63) is 64.4 Å². The van der Waals surface area contributed by atoms with Crippen LogP contribution in [0, 0.1) is 5.82 Å². The first-order valence-electron chi connectivity index (χ1n) is 5.88. The molecular weight excluding hydrogens is 301 g/mol. The van der Waals surface area contributed by atoms with Gasteiger partial charge in [-0.1, -0.05) is 35.9 Å². The first-order chi connectivity index (χ1) is 9.42. The van der Waals surface area contributed by atoms with E-state index >= 15 is 0 Å². The van der Waals surface area contributed by atoms with Crippen LogP contribution in [-0.2, 0) is 22.1 Å². The molecule has 0 aliphatic rings. The van der Waals surface area contributed by atoms with Crippen LogP contribution in [0.25, 0.3) is 0 Å². The van der Waals surface area contributed by atoms with Crippen molar-refractivity contribution in [2.75, 3.05) is 0 Å². The van der Waals surface area contributed by atoms with Gasteiger partial charge in [0, 0.05) is 6.54 Å². The van der Waals surface area contributed by atoms with Gasteiger partial charge in [0.15, 0.2) is 9.84 Å². The molecule has 2 aromatic rings. The third-order valence-corrected chi connectivity index (χ3v) is 4.81. The maximum absolute atomic E-state index is 13.1. The fourth-order valence-electron chi connectivity index (χ4n) is 1.82. The standard InChI is InChI=1S/C14H13ClFNO2S/c15-13-7-12(4-5-14(13)16)20(18,19)9-11-3-1-2-10(6-11)8-17/h1-7H,8-9,17H2. The Hall–Kier alpha value is -1.43. The molecular formula is C14H13ClFNO2S. The minimum atomic E-state index is -3.57. The van der Waals surface area contributed by atoms with Crippen LogP contribution < -0.4 is 5.73 Å². The molecule has 2 aromatic carbocycles. The molecule has 0 unspecified atom stereocenters. The second-order valence-corrected chi connectivity index (χ2v) is 6.76.